The van der Waals surface area contributed by atoms with E-state index in [2.05, 4.69) is 5.32 Å². The average molecular weight is 402 g/mol. The molecule has 0 aliphatic carbocycles. The summed E-state index contributed by atoms with van der Waals surface area (Å²) in [7, 11) is 1.41. The Labute approximate surface area is 168 Å². The van der Waals surface area contributed by atoms with Crippen molar-refractivity contribution in [1.29, 1.82) is 0 Å². The van der Waals surface area contributed by atoms with Crippen molar-refractivity contribution in [1.82, 2.24) is 4.90 Å². The fraction of sp³-hybridized carbons (Fsp3) is 0.286. The lowest BCUT2D eigenvalue weighted by molar-refractivity contribution is -0.153. The summed E-state index contributed by atoms with van der Waals surface area (Å²) in [6, 6.07) is 12.6. The lowest BCUT2D eigenvalue weighted by atomic mass is 10.2. The number of benzene rings is 2. The number of hydrogen-bond acceptors (Lipinski definition) is 5. The van der Waals surface area contributed by atoms with Crippen molar-refractivity contribution in [3.05, 3.63) is 59.9 Å². The maximum Gasteiger partial charge on any atom is 0.344 e. The second kappa shape index (κ2) is 10.8. The van der Waals surface area contributed by atoms with Crippen LogP contribution >= 0.6 is 0 Å². The maximum absolute atomic E-state index is 12.9. The van der Waals surface area contributed by atoms with Gasteiger partial charge in [0.1, 0.15) is 11.6 Å². The normalized spacial score (nSPS) is 10.2. The molecule has 0 spiro atoms. The number of halogens is 1. The minimum atomic E-state index is -0.693. The highest BCUT2D eigenvalue weighted by atomic mass is 19.1. The van der Waals surface area contributed by atoms with Gasteiger partial charge >= 0.3 is 5.97 Å². The van der Waals surface area contributed by atoms with Crippen molar-refractivity contribution in [3.8, 4) is 5.75 Å². The molecule has 0 fully saturated rings. The van der Waals surface area contributed by atoms with E-state index in [4.69, 9.17) is 9.47 Å². The number of carbonyl (C=O) groups excluding carboxylic acids is 3. The Hall–Kier alpha value is -3.42. The summed E-state index contributed by atoms with van der Waals surface area (Å²) in [5, 5.41) is 2.54. The van der Waals surface area contributed by atoms with Crippen LogP contribution in [0.1, 0.15) is 12.5 Å². The minimum Gasteiger partial charge on any atom is -0.482 e. The van der Waals surface area contributed by atoms with E-state index >= 15 is 0 Å². The van der Waals surface area contributed by atoms with E-state index in [1.165, 1.54) is 31.3 Å². The molecule has 0 unspecified atom stereocenters. The van der Waals surface area contributed by atoms with E-state index in [-0.39, 0.29) is 13.2 Å². The summed E-state index contributed by atoms with van der Waals surface area (Å²) in [5.41, 5.74) is 1.56. The van der Waals surface area contributed by atoms with Crippen LogP contribution in [0.4, 0.5) is 10.1 Å². The lowest BCUT2D eigenvalue weighted by Crippen LogP contribution is -2.37. The van der Waals surface area contributed by atoms with E-state index in [0.717, 1.165) is 16.9 Å². The Balaban J connectivity index is 1.69. The molecule has 7 nitrogen and oxygen atoms in total. The van der Waals surface area contributed by atoms with Crippen LogP contribution in [0.25, 0.3) is 0 Å². The van der Waals surface area contributed by atoms with E-state index in [9.17, 15) is 18.8 Å². The standard InChI is InChI=1S/C21H23FN2O5/c1-3-15-4-10-18(11-5-15)28-14-21(27)29-13-20(26)24(2)12-19(25)23-17-8-6-16(22)7-9-17/h4-11H,3,12-14H2,1-2H3,(H,23,25). The summed E-state index contributed by atoms with van der Waals surface area (Å²) >= 11 is 0. The quantitative estimate of drug-likeness (QED) is 0.651. The highest BCUT2D eigenvalue weighted by Crippen LogP contribution is 2.12. The van der Waals surface area contributed by atoms with Gasteiger partial charge in [-0.25, -0.2) is 9.18 Å². The number of esters is 1. The van der Waals surface area contributed by atoms with Crippen molar-refractivity contribution >= 4 is 23.5 Å². The molecule has 0 saturated heterocycles. The monoisotopic (exact) mass is 402 g/mol. The fourth-order valence-corrected chi connectivity index (χ4v) is 2.30. The van der Waals surface area contributed by atoms with Gasteiger partial charge < -0.3 is 19.7 Å². The molecule has 0 aromatic heterocycles. The number of nitrogens with one attached hydrogen (secondary N) is 1. The van der Waals surface area contributed by atoms with Gasteiger partial charge in [-0.2, -0.15) is 0 Å². The van der Waals surface area contributed by atoms with Gasteiger partial charge in [0, 0.05) is 12.7 Å². The van der Waals surface area contributed by atoms with Crippen LogP contribution in [0.5, 0.6) is 5.75 Å². The third-order valence-corrected chi connectivity index (χ3v) is 3.98. The molecule has 0 radical (unpaired) electrons. The number of ether oxygens (including phenoxy) is 2. The Bertz CT molecular complexity index is 837. The summed E-state index contributed by atoms with van der Waals surface area (Å²) < 4.78 is 23.0. The molecule has 2 aromatic carbocycles. The van der Waals surface area contributed by atoms with Crippen LogP contribution in [0.2, 0.25) is 0 Å². The van der Waals surface area contributed by atoms with E-state index in [0.29, 0.717) is 11.4 Å². The van der Waals surface area contributed by atoms with E-state index < -0.39 is 30.2 Å². The Kier molecular flexibility index (Phi) is 8.14. The molecule has 0 saturated carbocycles. The average Bonchev–Trinajstić information content (AvgIpc) is 2.72. The fourth-order valence-electron chi connectivity index (χ4n) is 2.30. The molecule has 154 valence electrons. The van der Waals surface area contributed by atoms with Gasteiger partial charge in [0.15, 0.2) is 13.2 Å². The number of nitrogens with zero attached hydrogens (tertiary/aromatic N) is 1. The molecule has 29 heavy (non-hydrogen) atoms. The molecule has 8 heteroatoms. The van der Waals surface area contributed by atoms with Crippen LogP contribution in [0.3, 0.4) is 0 Å². The Morgan fingerprint density at radius 1 is 1.00 bits per heavy atom. The van der Waals surface area contributed by atoms with Crippen LogP contribution < -0.4 is 10.1 Å². The summed E-state index contributed by atoms with van der Waals surface area (Å²) in [4.78, 5) is 36.8. The summed E-state index contributed by atoms with van der Waals surface area (Å²) in [6.07, 6.45) is 0.903. The zero-order valence-corrected chi connectivity index (χ0v) is 16.3. The largest absolute Gasteiger partial charge is 0.482 e. The predicted octanol–water partition coefficient (Wildman–Crippen LogP) is 2.41. The lowest BCUT2D eigenvalue weighted by Gasteiger charge is -2.17. The number of carbonyl (C=O) groups is 3. The van der Waals surface area contributed by atoms with Gasteiger partial charge in [-0.1, -0.05) is 19.1 Å². The summed E-state index contributed by atoms with van der Waals surface area (Å²) in [5.74, 6) is -1.58. The number of amides is 2. The molecule has 0 aliphatic rings. The molecule has 0 aliphatic heterocycles. The zero-order chi connectivity index (χ0) is 21.2. The second-order valence-corrected chi connectivity index (χ2v) is 6.25. The first-order chi connectivity index (χ1) is 13.9. The number of likely N-dealkylation sites (N-methyl/N-ethyl adjacent to an activating group) is 1. The number of aryl methyl sites for hydroxylation is 1. The molecule has 2 rings (SSSR count). The van der Waals surface area contributed by atoms with Crippen LogP contribution in [0.15, 0.2) is 48.5 Å². The third kappa shape index (κ3) is 7.61. The Morgan fingerprint density at radius 2 is 1.66 bits per heavy atom. The molecular formula is C21H23FN2O5. The molecule has 0 atom stereocenters. The Morgan fingerprint density at radius 3 is 2.28 bits per heavy atom. The van der Waals surface area contributed by atoms with Crippen molar-refractivity contribution in [3.63, 3.8) is 0 Å². The first kappa shape index (κ1) is 21.9. The van der Waals surface area contributed by atoms with Crippen molar-refractivity contribution in [2.24, 2.45) is 0 Å². The van der Waals surface area contributed by atoms with Gasteiger partial charge in [0.25, 0.3) is 5.91 Å². The van der Waals surface area contributed by atoms with Gasteiger partial charge in [-0.15, -0.1) is 0 Å². The number of anilines is 1. The maximum atomic E-state index is 12.9. The molecule has 2 aromatic rings. The van der Waals surface area contributed by atoms with Crippen LogP contribution in [-0.4, -0.2) is 49.5 Å². The number of rotatable bonds is 9. The second-order valence-electron chi connectivity index (χ2n) is 6.25. The van der Waals surface area contributed by atoms with Gasteiger partial charge in [-0.3, -0.25) is 9.59 Å². The van der Waals surface area contributed by atoms with Crippen LogP contribution in [0, 0.1) is 5.82 Å². The molecule has 0 heterocycles. The van der Waals surface area contributed by atoms with Crippen molar-refractivity contribution < 1.29 is 28.2 Å². The first-order valence-electron chi connectivity index (χ1n) is 9.04. The van der Waals surface area contributed by atoms with Crippen molar-refractivity contribution in [2.75, 3.05) is 32.1 Å². The summed E-state index contributed by atoms with van der Waals surface area (Å²) in [6.45, 7) is 0.965. The molecule has 0 bridgehead atoms. The molecule has 1 N–H and O–H groups in total. The molecular weight excluding hydrogens is 379 g/mol. The molecule has 2 amide bonds. The highest BCUT2D eigenvalue weighted by molar-refractivity contribution is 5.94. The number of hydrogen-bond donors (Lipinski definition) is 1. The van der Waals surface area contributed by atoms with Crippen molar-refractivity contribution in [2.45, 2.75) is 13.3 Å². The minimum absolute atomic E-state index is 0.242. The van der Waals surface area contributed by atoms with Gasteiger partial charge in [0.2, 0.25) is 5.91 Å². The SMILES string of the molecule is CCc1ccc(OCC(=O)OCC(=O)N(C)CC(=O)Nc2ccc(F)cc2)cc1. The van der Waals surface area contributed by atoms with E-state index in [1.54, 1.807) is 12.1 Å². The zero-order valence-electron chi connectivity index (χ0n) is 16.3. The van der Waals surface area contributed by atoms with Crippen LogP contribution in [-0.2, 0) is 25.5 Å². The smallest absolute Gasteiger partial charge is 0.344 e. The first-order valence-corrected chi connectivity index (χ1v) is 9.04. The highest BCUT2D eigenvalue weighted by Gasteiger charge is 2.15. The topological polar surface area (TPSA) is 84.9 Å². The van der Waals surface area contributed by atoms with E-state index in [1.807, 2.05) is 19.1 Å². The third-order valence-electron chi connectivity index (χ3n) is 3.98. The predicted molar refractivity (Wildman–Crippen MR) is 105 cm³/mol. The van der Waals surface area contributed by atoms with Gasteiger partial charge in [0.05, 0.1) is 6.54 Å². The van der Waals surface area contributed by atoms with Gasteiger partial charge in [-0.05, 0) is 48.4 Å².